The van der Waals surface area contributed by atoms with Gasteiger partial charge in [-0.3, -0.25) is 4.90 Å². The molecule has 9 rings (SSSR count). The molecule has 5 atom stereocenters. The van der Waals surface area contributed by atoms with Crippen molar-refractivity contribution in [2.75, 3.05) is 6.54 Å². The summed E-state index contributed by atoms with van der Waals surface area (Å²) >= 11 is 0. The fourth-order valence-electron chi connectivity index (χ4n) is 6.42. The van der Waals surface area contributed by atoms with Crippen molar-refractivity contribution in [3.05, 3.63) is 72.3 Å². The van der Waals surface area contributed by atoms with Crippen LogP contribution in [0, 0.1) is 18.8 Å². The molecule has 4 heterocycles. The number of aromatic amines is 2. The van der Waals surface area contributed by atoms with Gasteiger partial charge in [-0.05, 0) is 64.9 Å². The largest absolute Gasteiger partial charge is 0.341 e. The highest BCUT2D eigenvalue weighted by Gasteiger charge is 2.52. The fraction of sp³-hybridized carbons (Fsp3) is 0.273. The smallest absolute Gasteiger partial charge is 0.124 e. The molecule has 2 aliphatic heterocycles. The Labute approximate surface area is 226 Å². The Balaban J connectivity index is 0.00000115. The van der Waals surface area contributed by atoms with Gasteiger partial charge in [0.1, 0.15) is 11.6 Å². The van der Waals surface area contributed by atoms with Gasteiger partial charge in [0.25, 0.3) is 0 Å². The number of H-pyrrole nitrogens is 2. The number of hydrogen-bond acceptors (Lipinski definition) is 4. The van der Waals surface area contributed by atoms with E-state index in [1.807, 2.05) is 0 Å². The van der Waals surface area contributed by atoms with Gasteiger partial charge in [0.2, 0.25) is 0 Å². The molecular formula is C33H30N6. The van der Waals surface area contributed by atoms with Crippen molar-refractivity contribution < 1.29 is 0 Å². The molecule has 0 bridgehead atoms. The Morgan fingerprint density at radius 3 is 2.08 bits per heavy atom. The number of benzene rings is 4. The lowest BCUT2D eigenvalue weighted by Crippen LogP contribution is -2.25. The van der Waals surface area contributed by atoms with Gasteiger partial charge in [-0.2, -0.15) is 0 Å². The van der Waals surface area contributed by atoms with E-state index in [1.54, 1.807) is 0 Å². The second kappa shape index (κ2) is 8.41. The Morgan fingerprint density at radius 2 is 1.49 bits per heavy atom. The number of imidazole rings is 2. The molecule has 4 aromatic carbocycles. The zero-order valence-corrected chi connectivity index (χ0v) is 21.9. The van der Waals surface area contributed by atoms with Gasteiger partial charge < -0.3 is 15.3 Å². The first-order chi connectivity index (χ1) is 19.2. The number of fused-ring (bicyclic) bond motifs is 7. The molecule has 1 aliphatic carbocycles. The molecular weight excluding hydrogens is 480 g/mol. The minimum absolute atomic E-state index is 0.486. The van der Waals surface area contributed by atoms with Gasteiger partial charge in [0, 0.05) is 29.4 Å². The second-order valence-corrected chi connectivity index (χ2v) is 11.4. The van der Waals surface area contributed by atoms with Gasteiger partial charge in [-0.25, -0.2) is 9.97 Å². The van der Waals surface area contributed by atoms with Crippen LogP contribution in [0.5, 0.6) is 0 Å². The summed E-state index contributed by atoms with van der Waals surface area (Å²) in [5, 5.41) is 8.45. The highest BCUT2D eigenvalue weighted by atomic mass is 15.4. The molecule has 3 fully saturated rings. The highest BCUT2D eigenvalue weighted by molar-refractivity contribution is 6.07. The van der Waals surface area contributed by atoms with Gasteiger partial charge >= 0.3 is 0 Å². The van der Waals surface area contributed by atoms with Crippen molar-refractivity contribution in [3.63, 3.8) is 0 Å². The standard InChI is InChI=1S/C31H28N6.C2H2/c1-16-10-26(16)32-14-28-33-24-8-4-19-11-17(2-6-22(19)29(24)35-28)18-3-7-23-20(12-18)5-9-25-30(23)36-31(34-25)27-13-21-15-37(21)27;1-2/h2-9,11-12,16,21,26-27,32H,10,13-15H2,1H3,(H,33,35)(H,34,36);1-2H/t16?,21-,26?,27-,37?;/m0./s1. The van der Waals surface area contributed by atoms with Crippen LogP contribution in [0.25, 0.3) is 54.7 Å². The average Bonchev–Trinajstić information content (AvgIpc) is 3.66. The van der Waals surface area contributed by atoms with E-state index < -0.39 is 0 Å². The first kappa shape index (κ1) is 22.8. The van der Waals surface area contributed by atoms with Crippen LogP contribution in [0.15, 0.2) is 60.7 Å². The topological polar surface area (TPSA) is 72.4 Å². The highest BCUT2D eigenvalue weighted by Crippen LogP contribution is 2.48. The predicted molar refractivity (Wildman–Crippen MR) is 158 cm³/mol. The van der Waals surface area contributed by atoms with Crippen LogP contribution in [0.2, 0.25) is 0 Å². The van der Waals surface area contributed by atoms with Crippen LogP contribution in [0.1, 0.15) is 37.5 Å². The third-order valence-corrected chi connectivity index (χ3v) is 8.95. The van der Waals surface area contributed by atoms with Crippen molar-refractivity contribution in [1.29, 1.82) is 0 Å². The van der Waals surface area contributed by atoms with Crippen LogP contribution in [0.4, 0.5) is 0 Å². The summed E-state index contributed by atoms with van der Waals surface area (Å²) < 4.78 is 0. The summed E-state index contributed by atoms with van der Waals surface area (Å²) in [6, 6.07) is 24.2. The summed E-state index contributed by atoms with van der Waals surface area (Å²) in [5.74, 6) is 2.93. The molecule has 6 nitrogen and oxygen atoms in total. The Bertz CT molecular complexity index is 1930. The third-order valence-electron chi connectivity index (χ3n) is 8.95. The van der Waals surface area contributed by atoms with Crippen molar-refractivity contribution in [3.8, 4) is 24.0 Å². The summed E-state index contributed by atoms with van der Waals surface area (Å²) in [6.45, 7) is 4.33. The average molecular weight is 511 g/mol. The molecule has 3 unspecified atom stereocenters. The normalized spacial score (nSPS) is 24.8. The molecule has 2 aromatic heterocycles. The number of rotatable bonds is 5. The van der Waals surface area contributed by atoms with Gasteiger partial charge in [-0.15, -0.1) is 12.8 Å². The monoisotopic (exact) mass is 510 g/mol. The van der Waals surface area contributed by atoms with Crippen LogP contribution >= 0.6 is 0 Å². The maximum atomic E-state index is 5.03. The molecule has 192 valence electrons. The van der Waals surface area contributed by atoms with Crippen molar-refractivity contribution >= 4 is 43.6 Å². The molecule has 3 aliphatic rings. The van der Waals surface area contributed by atoms with E-state index in [0.29, 0.717) is 12.1 Å². The van der Waals surface area contributed by atoms with Crippen molar-refractivity contribution in [2.45, 2.75) is 44.4 Å². The van der Waals surface area contributed by atoms with Crippen LogP contribution < -0.4 is 5.32 Å². The Morgan fingerprint density at radius 1 is 0.846 bits per heavy atom. The zero-order valence-electron chi connectivity index (χ0n) is 21.9. The first-order valence-corrected chi connectivity index (χ1v) is 13.8. The summed E-state index contributed by atoms with van der Waals surface area (Å²) in [5.41, 5.74) is 6.82. The summed E-state index contributed by atoms with van der Waals surface area (Å²) in [6.07, 6.45) is 10.5. The maximum absolute atomic E-state index is 5.03. The van der Waals surface area contributed by atoms with Gasteiger partial charge in [0.05, 0.1) is 34.7 Å². The molecule has 3 N–H and O–H groups in total. The summed E-state index contributed by atoms with van der Waals surface area (Å²) in [4.78, 5) is 19.6. The van der Waals surface area contributed by atoms with Gasteiger partial charge in [-0.1, -0.05) is 43.3 Å². The van der Waals surface area contributed by atoms with Crippen molar-refractivity contribution in [2.24, 2.45) is 5.92 Å². The second-order valence-electron chi connectivity index (χ2n) is 11.4. The molecule has 0 spiro atoms. The maximum Gasteiger partial charge on any atom is 0.124 e. The zero-order chi connectivity index (χ0) is 26.2. The van der Waals surface area contributed by atoms with Crippen molar-refractivity contribution in [1.82, 2.24) is 30.2 Å². The number of terminal acetylenes is 1. The van der Waals surface area contributed by atoms with E-state index >= 15 is 0 Å². The quantitative estimate of drug-likeness (QED) is 0.188. The van der Waals surface area contributed by atoms with E-state index in [-0.39, 0.29) is 0 Å². The Hall–Kier alpha value is -4.18. The number of hydrogen-bond donors (Lipinski definition) is 3. The minimum Gasteiger partial charge on any atom is -0.341 e. The SMILES string of the molecule is C#C.CC1CC1NCc1nc2c(ccc3cc(-c4ccc5c(ccc6[nH]c([C@@H]7C[C@H]8CN87)nc65)c4)ccc32)[nH]1. The number of aromatic nitrogens is 4. The van der Waals surface area contributed by atoms with E-state index in [0.717, 1.165) is 52.2 Å². The van der Waals surface area contributed by atoms with E-state index in [9.17, 15) is 0 Å². The first-order valence-electron chi connectivity index (χ1n) is 13.8. The Kier molecular flexibility index (Phi) is 4.91. The molecule has 1 saturated carbocycles. The molecule has 0 amide bonds. The number of nitrogens with one attached hydrogen (secondary N) is 3. The molecule has 0 radical (unpaired) electrons. The van der Waals surface area contributed by atoms with Crippen LogP contribution in [0.3, 0.4) is 0 Å². The van der Waals surface area contributed by atoms with E-state index in [1.165, 1.54) is 52.1 Å². The summed E-state index contributed by atoms with van der Waals surface area (Å²) in [7, 11) is 0. The molecule has 2 saturated heterocycles. The lowest BCUT2D eigenvalue weighted by atomic mass is 9.98. The van der Waals surface area contributed by atoms with Crippen LogP contribution in [-0.4, -0.2) is 43.5 Å². The molecule has 6 heteroatoms. The molecule has 6 aromatic rings. The molecule has 39 heavy (non-hydrogen) atoms. The lowest BCUT2D eigenvalue weighted by molar-refractivity contribution is 0.245. The van der Waals surface area contributed by atoms with E-state index in [2.05, 4.69) is 101 Å². The lowest BCUT2D eigenvalue weighted by Gasteiger charge is -2.24. The minimum atomic E-state index is 0.486. The number of nitrogens with zero attached hydrogens (tertiary/aromatic N) is 3. The van der Waals surface area contributed by atoms with E-state index in [4.69, 9.17) is 9.97 Å². The fourth-order valence-corrected chi connectivity index (χ4v) is 6.42. The van der Waals surface area contributed by atoms with Gasteiger partial charge in [0.15, 0.2) is 0 Å². The third kappa shape index (κ3) is 3.65. The predicted octanol–water partition coefficient (Wildman–Crippen LogP) is 6.29. The van der Waals surface area contributed by atoms with Crippen LogP contribution in [-0.2, 0) is 6.54 Å².